The van der Waals surface area contributed by atoms with Gasteiger partial charge in [-0.05, 0) is 36.5 Å². The average molecular weight is 318 g/mol. The van der Waals surface area contributed by atoms with Crippen LogP contribution in [0.25, 0.3) is 0 Å². The van der Waals surface area contributed by atoms with Crippen LogP contribution in [-0.2, 0) is 0 Å². The lowest BCUT2D eigenvalue weighted by atomic mass is 9.99. The molecule has 22 heavy (non-hydrogen) atoms. The average Bonchev–Trinajstić information content (AvgIpc) is 3.27. The van der Waals surface area contributed by atoms with E-state index in [1.165, 1.54) is 6.07 Å². The minimum Gasteiger partial charge on any atom is -0.403 e. The normalized spacial score (nSPS) is 21.6. The van der Waals surface area contributed by atoms with E-state index in [-0.39, 0.29) is 6.04 Å². The van der Waals surface area contributed by atoms with E-state index in [4.69, 9.17) is 0 Å². The van der Waals surface area contributed by atoms with E-state index in [1.54, 1.807) is 6.07 Å². The summed E-state index contributed by atoms with van der Waals surface area (Å²) in [5, 5.41) is 3.27. The third-order valence-electron chi connectivity index (χ3n) is 4.14. The van der Waals surface area contributed by atoms with Crippen LogP contribution in [0, 0.1) is 11.7 Å². The summed E-state index contributed by atoms with van der Waals surface area (Å²) in [6.45, 7) is 3.48. The summed E-state index contributed by atoms with van der Waals surface area (Å²) >= 11 is 0. The molecule has 1 atom stereocenters. The molecular formula is C15H18F4N2O. The van der Waals surface area contributed by atoms with E-state index >= 15 is 0 Å². The minimum absolute atomic E-state index is 0.0801. The van der Waals surface area contributed by atoms with Crippen LogP contribution in [0.3, 0.4) is 0 Å². The molecule has 2 fully saturated rings. The summed E-state index contributed by atoms with van der Waals surface area (Å²) in [4.78, 5) is 2.28. The van der Waals surface area contributed by atoms with E-state index in [0.29, 0.717) is 5.92 Å². The van der Waals surface area contributed by atoms with Gasteiger partial charge < -0.3 is 10.1 Å². The maximum absolute atomic E-state index is 13.9. The molecule has 1 saturated carbocycles. The van der Waals surface area contributed by atoms with Gasteiger partial charge in [-0.1, -0.05) is 6.07 Å². The van der Waals surface area contributed by atoms with Crippen molar-refractivity contribution in [1.29, 1.82) is 0 Å². The van der Waals surface area contributed by atoms with E-state index < -0.39 is 17.9 Å². The zero-order valence-electron chi connectivity index (χ0n) is 12.0. The first-order valence-electron chi connectivity index (χ1n) is 7.44. The summed E-state index contributed by atoms with van der Waals surface area (Å²) in [5.74, 6) is -1.27. The Balaban J connectivity index is 1.81. The molecule has 1 aromatic carbocycles. The van der Waals surface area contributed by atoms with Crippen molar-refractivity contribution in [3.05, 3.63) is 29.6 Å². The van der Waals surface area contributed by atoms with Gasteiger partial charge in [0.05, 0.1) is 0 Å². The van der Waals surface area contributed by atoms with E-state index in [1.807, 2.05) is 0 Å². The highest BCUT2D eigenvalue weighted by atomic mass is 19.4. The van der Waals surface area contributed by atoms with Crippen LogP contribution in [0.2, 0.25) is 0 Å². The smallest absolute Gasteiger partial charge is 0.403 e. The van der Waals surface area contributed by atoms with Gasteiger partial charge >= 0.3 is 6.36 Å². The van der Waals surface area contributed by atoms with Crippen molar-refractivity contribution in [2.75, 3.05) is 26.2 Å². The number of piperazine rings is 1. The summed E-state index contributed by atoms with van der Waals surface area (Å²) in [5.41, 5.74) is 0.733. The van der Waals surface area contributed by atoms with Gasteiger partial charge in [0.15, 0.2) is 11.6 Å². The summed E-state index contributed by atoms with van der Waals surface area (Å²) in [6.07, 6.45) is -2.72. The van der Waals surface area contributed by atoms with Crippen LogP contribution < -0.4 is 10.1 Å². The Morgan fingerprint density at radius 3 is 2.41 bits per heavy atom. The van der Waals surface area contributed by atoms with Crippen molar-refractivity contribution in [1.82, 2.24) is 10.2 Å². The van der Waals surface area contributed by atoms with Gasteiger partial charge in [0.2, 0.25) is 0 Å². The zero-order chi connectivity index (χ0) is 15.7. The topological polar surface area (TPSA) is 24.5 Å². The molecule has 1 aliphatic heterocycles. The molecule has 7 heteroatoms. The van der Waals surface area contributed by atoms with Crippen molar-refractivity contribution in [3.63, 3.8) is 0 Å². The Morgan fingerprint density at radius 2 is 1.86 bits per heavy atom. The first-order chi connectivity index (χ1) is 10.4. The number of halogens is 4. The molecule has 3 nitrogen and oxygen atoms in total. The molecule has 1 saturated heterocycles. The number of alkyl halides is 3. The Kier molecular flexibility index (Phi) is 4.27. The van der Waals surface area contributed by atoms with Crippen LogP contribution in [0.15, 0.2) is 18.2 Å². The number of nitrogens with one attached hydrogen (secondary N) is 1. The van der Waals surface area contributed by atoms with Crippen molar-refractivity contribution < 1.29 is 22.3 Å². The molecule has 0 spiro atoms. The zero-order valence-corrected chi connectivity index (χ0v) is 12.0. The fourth-order valence-electron chi connectivity index (χ4n) is 3.06. The number of hydrogen-bond donors (Lipinski definition) is 1. The minimum atomic E-state index is -4.88. The fourth-order valence-corrected chi connectivity index (χ4v) is 3.06. The second-order valence-electron chi connectivity index (χ2n) is 5.81. The van der Waals surface area contributed by atoms with Gasteiger partial charge in [-0.2, -0.15) is 0 Å². The standard InChI is InChI=1S/C15H18F4N2O/c16-12-9-11(3-4-13(12)22-15(17,18)19)14(10-1-2-10)21-7-5-20-6-8-21/h3-4,9-10,14,20H,1-2,5-8H2/t14-/m1/s1. The molecular weight excluding hydrogens is 300 g/mol. The maximum atomic E-state index is 13.9. The number of nitrogens with zero attached hydrogens (tertiary/aromatic N) is 1. The summed E-state index contributed by atoms with van der Waals surface area (Å²) in [6, 6.07) is 3.90. The van der Waals surface area contributed by atoms with Gasteiger partial charge in [0.25, 0.3) is 0 Å². The number of rotatable bonds is 4. The van der Waals surface area contributed by atoms with Crippen LogP contribution in [0.5, 0.6) is 5.75 Å². The molecule has 3 rings (SSSR count). The Bertz CT molecular complexity index is 525. The van der Waals surface area contributed by atoms with Gasteiger partial charge in [-0.15, -0.1) is 13.2 Å². The van der Waals surface area contributed by atoms with Crippen LogP contribution in [0.1, 0.15) is 24.4 Å². The SMILES string of the molecule is Fc1cc([C@@H](C2CC2)N2CCNCC2)ccc1OC(F)(F)F. The van der Waals surface area contributed by atoms with Crippen molar-refractivity contribution in [2.24, 2.45) is 5.92 Å². The van der Waals surface area contributed by atoms with Gasteiger partial charge in [0, 0.05) is 32.2 Å². The fraction of sp³-hybridized carbons (Fsp3) is 0.600. The van der Waals surface area contributed by atoms with E-state index in [9.17, 15) is 17.6 Å². The summed E-state index contributed by atoms with van der Waals surface area (Å²) in [7, 11) is 0. The molecule has 0 amide bonds. The molecule has 1 aliphatic carbocycles. The van der Waals surface area contributed by atoms with Crippen LogP contribution in [-0.4, -0.2) is 37.4 Å². The maximum Gasteiger partial charge on any atom is 0.573 e. The lowest BCUT2D eigenvalue weighted by molar-refractivity contribution is -0.275. The lowest BCUT2D eigenvalue weighted by Gasteiger charge is -2.35. The second-order valence-corrected chi connectivity index (χ2v) is 5.81. The van der Waals surface area contributed by atoms with Crippen LogP contribution in [0.4, 0.5) is 17.6 Å². The molecule has 122 valence electrons. The predicted octanol–water partition coefficient (Wildman–Crippen LogP) is 3.08. The summed E-state index contributed by atoms with van der Waals surface area (Å²) < 4.78 is 54.2. The molecule has 2 aliphatic rings. The van der Waals surface area contributed by atoms with Crippen molar-refractivity contribution >= 4 is 0 Å². The lowest BCUT2D eigenvalue weighted by Crippen LogP contribution is -2.45. The van der Waals surface area contributed by atoms with Gasteiger partial charge in [0.1, 0.15) is 0 Å². The number of ether oxygens (including phenoxy) is 1. The largest absolute Gasteiger partial charge is 0.573 e. The molecule has 1 aromatic rings. The highest BCUT2D eigenvalue weighted by Crippen LogP contribution is 2.45. The molecule has 0 bridgehead atoms. The van der Waals surface area contributed by atoms with E-state index in [2.05, 4.69) is 15.0 Å². The quantitative estimate of drug-likeness (QED) is 0.864. The third kappa shape index (κ3) is 3.70. The van der Waals surface area contributed by atoms with Crippen molar-refractivity contribution in [3.8, 4) is 5.75 Å². The first-order valence-corrected chi connectivity index (χ1v) is 7.44. The van der Waals surface area contributed by atoms with Gasteiger partial charge in [-0.3, -0.25) is 4.90 Å². The molecule has 1 heterocycles. The Hall–Kier alpha value is -1.34. The number of hydrogen-bond acceptors (Lipinski definition) is 3. The molecule has 0 unspecified atom stereocenters. The second kappa shape index (κ2) is 6.04. The van der Waals surface area contributed by atoms with E-state index in [0.717, 1.165) is 50.7 Å². The monoisotopic (exact) mass is 318 g/mol. The molecule has 0 aromatic heterocycles. The Labute approximate surface area is 126 Å². The highest BCUT2D eigenvalue weighted by Gasteiger charge is 2.37. The third-order valence-corrected chi connectivity index (χ3v) is 4.14. The predicted molar refractivity (Wildman–Crippen MR) is 73.0 cm³/mol. The highest BCUT2D eigenvalue weighted by molar-refractivity contribution is 5.32. The first kappa shape index (κ1) is 15.6. The Morgan fingerprint density at radius 1 is 1.18 bits per heavy atom. The number of benzene rings is 1. The molecule has 1 N–H and O–H groups in total. The molecule has 0 radical (unpaired) electrons. The van der Waals surface area contributed by atoms with Gasteiger partial charge in [-0.25, -0.2) is 4.39 Å². The van der Waals surface area contributed by atoms with Crippen LogP contribution >= 0.6 is 0 Å². The van der Waals surface area contributed by atoms with Crippen molar-refractivity contribution in [2.45, 2.75) is 25.2 Å².